The zero-order chi connectivity index (χ0) is 24.6. The Labute approximate surface area is 197 Å². The lowest BCUT2D eigenvalue weighted by Gasteiger charge is -2.21. The molecule has 2 aromatic rings. The quantitative estimate of drug-likeness (QED) is 0.427. The van der Waals surface area contributed by atoms with Crippen LogP contribution in [-0.2, 0) is 30.8 Å². The zero-order valence-electron chi connectivity index (χ0n) is 18.2. The smallest absolute Gasteiger partial charge is 0.329 e. The van der Waals surface area contributed by atoms with Crippen LogP contribution in [0.25, 0.3) is 0 Å². The van der Waals surface area contributed by atoms with Crippen molar-refractivity contribution in [3.8, 4) is 0 Å². The summed E-state index contributed by atoms with van der Waals surface area (Å²) in [5, 5.41) is 10.5. The molecule has 1 atom stereocenters. The Hall–Kier alpha value is -2.95. The van der Waals surface area contributed by atoms with Crippen LogP contribution in [0.4, 0.5) is 0 Å². The number of halogens is 1. The third-order valence-electron chi connectivity index (χ3n) is 4.66. The van der Waals surface area contributed by atoms with E-state index in [1.807, 2.05) is 0 Å². The van der Waals surface area contributed by atoms with Crippen molar-refractivity contribution < 1.29 is 27.5 Å². The third-order valence-corrected chi connectivity index (χ3v) is 5.92. The van der Waals surface area contributed by atoms with E-state index in [1.165, 1.54) is 18.2 Å². The van der Waals surface area contributed by atoms with Crippen molar-refractivity contribution in [1.82, 2.24) is 10.6 Å². The maximum absolute atomic E-state index is 12.5. The molecule has 0 aliphatic heterocycles. The molecule has 0 spiro atoms. The Morgan fingerprint density at radius 3 is 2.27 bits per heavy atom. The molecule has 9 nitrogen and oxygen atoms in total. The molecule has 0 saturated heterocycles. The molecule has 2 amide bonds. The Bertz CT molecular complexity index is 1100. The van der Waals surface area contributed by atoms with Crippen molar-refractivity contribution in [3.63, 3.8) is 0 Å². The van der Waals surface area contributed by atoms with Crippen LogP contribution in [0.5, 0.6) is 0 Å². The van der Waals surface area contributed by atoms with Crippen molar-refractivity contribution in [3.05, 3.63) is 64.7 Å². The van der Waals surface area contributed by atoms with Crippen molar-refractivity contribution in [2.75, 3.05) is 13.2 Å². The van der Waals surface area contributed by atoms with Gasteiger partial charge < -0.3 is 15.4 Å². The van der Waals surface area contributed by atoms with Gasteiger partial charge in [-0.25, -0.2) is 18.4 Å². The van der Waals surface area contributed by atoms with Crippen LogP contribution in [0, 0.1) is 5.92 Å². The highest BCUT2D eigenvalue weighted by atomic mass is 35.5. The van der Waals surface area contributed by atoms with Crippen LogP contribution in [0.3, 0.4) is 0 Å². The molecule has 33 heavy (non-hydrogen) atoms. The highest BCUT2D eigenvalue weighted by molar-refractivity contribution is 7.89. The summed E-state index contributed by atoms with van der Waals surface area (Å²) in [6.07, 6.45) is 0.438. The predicted molar refractivity (Wildman–Crippen MR) is 123 cm³/mol. The molecule has 0 fully saturated rings. The lowest BCUT2D eigenvalue weighted by Crippen LogP contribution is -2.46. The van der Waals surface area contributed by atoms with E-state index < -0.39 is 40.5 Å². The average Bonchev–Trinajstić information content (AvgIpc) is 2.75. The fraction of sp³-hybridized carbons (Fsp3) is 0.318. The van der Waals surface area contributed by atoms with Gasteiger partial charge in [-0.05, 0) is 42.2 Å². The molecular formula is C22H26ClN3O6S. The van der Waals surface area contributed by atoms with Gasteiger partial charge in [-0.1, -0.05) is 49.7 Å². The number of hydrogen-bond acceptors (Lipinski definition) is 6. The number of sulfonamides is 1. The lowest BCUT2D eigenvalue weighted by atomic mass is 10.0. The minimum Gasteiger partial charge on any atom is -0.454 e. The third kappa shape index (κ3) is 8.16. The van der Waals surface area contributed by atoms with Gasteiger partial charge in [-0.3, -0.25) is 9.59 Å². The fourth-order valence-electron chi connectivity index (χ4n) is 2.83. The van der Waals surface area contributed by atoms with E-state index in [2.05, 4.69) is 10.6 Å². The minimum atomic E-state index is -3.76. The van der Waals surface area contributed by atoms with Crippen LogP contribution < -0.4 is 15.8 Å². The highest BCUT2D eigenvalue weighted by Gasteiger charge is 2.27. The van der Waals surface area contributed by atoms with Crippen LogP contribution in [0.15, 0.2) is 53.4 Å². The number of primary sulfonamides is 1. The summed E-state index contributed by atoms with van der Waals surface area (Å²) in [4.78, 5) is 36.9. The fourth-order valence-corrected chi connectivity index (χ4v) is 3.57. The van der Waals surface area contributed by atoms with Gasteiger partial charge >= 0.3 is 5.97 Å². The van der Waals surface area contributed by atoms with Crippen molar-refractivity contribution >= 4 is 39.4 Å². The van der Waals surface area contributed by atoms with Gasteiger partial charge in [-0.15, -0.1) is 0 Å². The van der Waals surface area contributed by atoms with Gasteiger partial charge in [-0.2, -0.15) is 0 Å². The second-order valence-corrected chi connectivity index (χ2v) is 9.54. The molecule has 0 aliphatic carbocycles. The molecule has 0 heterocycles. The normalized spacial score (nSPS) is 12.2. The van der Waals surface area contributed by atoms with Crippen molar-refractivity contribution in [2.24, 2.45) is 11.1 Å². The Balaban J connectivity index is 1.81. The molecule has 1 unspecified atom stereocenters. The maximum Gasteiger partial charge on any atom is 0.329 e. The number of benzene rings is 2. The van der Waals surface area contributed by atoms with Crippen LogP contribution in [0.2, 0.25) is 5.02 Å². The van der Waals surface area contributed by atoms with Gasteiger partial charge in [0.25, 0.3) is 11.8 Å². The van der Waals surface area contributed by atoms with Gasteiger partial charge in [0.2, 0.25) is 10.0 Å². The number of amides is 2. The Morgan fingerprint density at radius 1 is 1.06 bits per heavy atom. The number of esters is 1. The summed E-state index contributed by atoms with van der Waals surface area (Å²) < 4.78 is 27.6. The number of carbonyl (C=O) groups excluding carboxylic acids is 3. The Kier molecular flexibility index (Phi) is 9.39. The largest absolute Gasteiger partial charge is 0.454 e. The molecule has 0 bridgehead atoms. The minimum absolute atomic E-state index is 0.00327. The molecule has 178 valence electrons. The monoisotopic (exact) mass is 495 g/mol. The van der Waals surface area contributed by atoms with Gasteiger partial charge in [0.05, 0.1) is 15.5 Å². The van der Waals surface area contributed by atoms with Crippen molar-refractivity contribution in [2.45, 2.75) is 31.2 Å². The van der Waals surface area contributed by atoms with E-state index in [-0.39, 0.29) is 27.9 Å². The first-order valence-electron chi connectivity index (χ1n) is 10.1. The number of hydrogen-bond donors (Lipinski definition) is 3. The number of nitrogens with two attached hydrogens (primary N) is 1. The highest BCUT2D eigenvalue weighted by Crippen LogP contribution is 2.16. The average molecular weight is 496 g/mol. The number of nitrogens with one attached hydrogen (secondary N) is 2. The van der Waals surface area contributed by atoms with E-state index in [4.69, 9.17) is 21.5 Å². The second-order valence-electron chi connectivity index (χ2n) is 7.57. The number of rotatable bonds is 10. The van der Waals surface area contributed by atoms with Crippen LogP contribution in [0.1, 0.15) is 29.8 Å². The molecule has 0 aliphatic rings. The summed E-state index contributed by atoms with van der Waals surface area (Å²) >= 11 is 6.02. The first-order chi connectivity index (χ1) is 15.5. The molecule has 2 rings (SSSR count). The molecule has 0 saturated carbocycles. The summed E-state index contributed by atoms with van der Waals surface area (Å²) in [5.41, 5.74) is 1.02. The van der Waals surface area contributed by atoms with E-state index in [9.17, 15) is 22.8 Å². The van der Waals surface area contributed by atoms with Crippen LogP contribution >= 0.6 is 11.6 Å². The number of carbonyl (C=O) groups is 3. The first-order valence-corrected chi connectivity index (χ1v) is 12.0. The molecule has 4 N–H and O–H groups in total. The van der Waals surface area contributed by atoms with Crippen LogP contribution in [-0.4, -0.2) is 45.4 Å². The molecular weight excluding hydrogens is 470 g/mol. The first kappa shape index (κ1) is 26.3. The zero-order valence-corrected chi connectivity index (χ0v) is 19.8. The molecule has 2 aromatic carbocycles. The van der Waals surface area contributed by atoms with Gasteiger partial charge in [0, 0.05) is 6.54 Å². The summed E-state index contributed by atoms with van der Waals surface area (Å²) in [6, 6.07) is 11.5. The Morgan fingerprint density at radius 2 is 1.70 bits per heavy atom. The van der Waals surface area contributed by atoms with E-state index in [1.54, 1.807) is 44.2 Å². The van der Waals surface area contributed by atoms with Gasteiger partial charge in [0.1, 0.15) is 6.04 Å². The van der Waals surface area contributed by atoms with E-state index in [0.717, 1.165) is 5.56 Å². The molecule has 0 aromatic heterocycles. The topological polar surface area (TPSA) is 145 Å². The predicted octanol–water partition coefficient (Wildman–Crippen LogP) is 1.64. The number of ether oxygens (including phenoxy) is 1. The van der Waals surface area contributed by atoms with Crippen molar-refractivity contribution in [1.29, 1.82) is 0 Å². The van der Waals surface area contributed by atoms with E-state index in [0.29, 0.717) is 6.42 Å². The molecule has 11 heteroatoms. The SMILES string of the molecule is CC(C)C(NC(=O)c1ccccc1Cl)C(=O)OCC(=O)NCCc1ccc(S(N)(=O)=O)cc1. The summed E-state index contributed by atoms with van der Waals surface area (Å²) in [6.45, 7) is 3.22. The second kappa shape index (κ2) is 11.8. The summed E-state index contributed by atoms with van der Waals surface area (Å²) in [5.74, 6) is -2.05. The van der Waals surface area contributed by atoms with Gasteiger partial charge in [0.15, 0.2) is 6.61 Å². The maximum atomic E-state index is 12.5. The lowest BCUT2D eigenvalue weighted by molar-refractivity contribution is -0.151. The molecule has 0 radical (unpaired) electrons. The standard InChI is InChI=1S/C22H26ClN3O6S/c1-14(2)20(26-21(28)17-5-3-4-6-18(17)23)22(29)32-13-19(27)25-12-11-15-7-9-16(10-8-15)33(24,30)31/h3-10,14,20H,11-13H2,1-2H3,(H,25,27)(H,26,28)(H2,24,30,31). The van der Waals surface area contributed by atoms with E-state index >= 15 is 0 Å². The summed E-state index contributed by atoms with van der Waals surface area (Å²) in [7, 11) is -3.76.